The number of nitrogens with zero attached hydrogens (tertiary/aromatic N) is 1. The van der Waals surface area contributed by atoms with E-state index in [1.807, 2.05) is 13.8 Å². The van der Waals surface area contributed by atoms with Gasteiger partial charge in [0.15, 0.2) is 0 Å². The highest BCUT2D eigenvalue weighted by Crippen LogP contribution is 2.46. The Morgan fingerprint density at radius 2 is 1.63 bits per heavy atom. The lowest BCUT2D eigenvalue weighted by Gasteiger charge is -2.36. The SMILES string of the molecule is CCOC(=O)N(C(C)=O)C1(c2ccc(C(C)C)cc2O)C(=O)c2ccccc2C1=O. The molecule has 0 heterocycles. The standard InChI is InChI=1S/C23H23NO6/c1-5-30-22(29)24(14(4)25)23(18-11-10-15(13(2)3)12-19(18)26)20(27)16-8-6-7-9-17(16)21(23)28/h6-13,26H,5H2,1-4H3. The Bertz CT molecular complexity index is 1020. The van der Waals surface area contributed by atoms with Gasteiger partial charge in [0.1, 0.15) is 5.75 Å². The summed E-state index contributed by atoms with van der Waals surface area (Å²) in [6.07, 6.45) is -1.13. The molecule has 2 amide bonds. The minimum atomic E-state index is -2.37. The monoisotopic (exact) mass is 409 g/mol. The quantitative estimate of drug-likeness (QED) is 0.771. The number of rotatable bonds is 4. The maximum absolute atomic E-state index is 13.6. The molecule has 7 heteroatoms. The molecular formula is C23H23NO6. The molecule has 0 fully saturated rings. The minimum Gasteiger partial charge on any atom is -0.508 e. The summed E-state index contributed by atoms with van der Waals surface area (Å²) in [5, 5.41) is 10.8. The van der Waals surface area contributed by atoms with Crippen molar-refractivity contribution >= 4 is 23.6 Å². The normalized spacial score (nSPS) is 14.6. The highest BCUT2D eigenvalue weighted by molar-refractivity contribution is 6.35. The fourth-order valence-electron chi connectivity index (χ4n) is 3.84. The Hall–Kier alpha value is -3.48. The van der Waals surface area contributed by atoms with Gasteiger partial charge in [-0.2, -0.15) is 0 Å². The number of phenols is 1. The molecule has 0 bridgehead atoms. The second-order valence-electron chi connectivity index (χ2n) is 7.40. The highest BCUT2D eigenvalue weighted by atomic mass is 16.6. The van der Waals surface area contributed by atoms with Gasteiger partial charge in [0.25, 0.3) is 0 Å². The number of Topliss-reactive ketones (excluding diaryl/α,β-unsaturated/α-hetero) is 2. The summed E-state index contributed by atoms with van der Waals surface area (Å²) in [5.74, 6) is -2.67. The molecule has 0 spiro atoms. The van der Waals surface area contributed by atoms with Crippen LogP contribution in [0.15, 0.2) is 42.5 Å². The number of benzene rings is 2. The summed E-state index contributed by atoms with van der Waals surface area (Å²) in [4.78, 5) is 53.1. The zero-order valence-electron chi connectivity index (χ0n) is 17.3. The number of ether oxygens (including phenoxy) is 1. The van der Waals surface area contributed by atoms with Crippen LogP contribution >= 0.6 is 0 Å². The van der Waals surface area contributed by atoms with Crippen LogP contribution in [0.5, 0.6) is 5.75 Å². The third kappa shape index (κ3) is 2.98. The number of fused-ring (bicyclic) bond motifs is 1. The number of imide groups is 1. The van der Waals surface area contributed by atoms with Gasteiger partial charge >= 0.3 is 6.09 Å². The molecule has 2 aromatic rings. The van der Waals surface area contributed by atoms with E-state index in [1.54, 1.807) is 25.1 Å². The van der Waals surface area contributed by atoms with Crippen molar-refractivity contribution in [2.24, 2.45) is 0 Å². The largest absolute Gasteiger partial charge is 0.508 e. The van der Waals surface area contributed by atoms with Crippen molar-refractivity contribution in [3.8, 4) is 5.75 Å². The minimum absolute atomic E-state index is 0.0632. The lowest BCUT2D eigenvalue weighted by atomic mass is 9.81. The van der Waals surface area contributed by atoms with E-state index >= 15 is 0 Å². The number of carbonyl (C=O) groups is 4. The Balaban J connectivity index is 2.37. The van der Waals surface area contributed by atoms with Crippen molar-refractivity contribution < 1.29 is 29.0 Å². The molecule has 2 aromatic carbocycles. The molecule has 1 aliphatic rings. The molecule has 0 aliphatic heterocycles. The van der Waals surface area contributed by atoms with Crippen LogP contribution in [0.25, 0.3) is 0 Å². The van der Waals surface area contributed by atoms with Crippen LogP contribution in [0.1, 0.15) is 65.5 Å². The Morgan fingerprint density at radius 1 is 1.07 bits per heavy atom. The number of amides is 2. The van der Waals surface area contributed by atoms with Gasteiger partial charge < -0.3 is 9.84 Å². The van der Waals surface area contributed by atoms with Gasteiger partial charge in [0.05, 0.1) is 6.61 Å². The first-order valence-corrected chi connectivity index (χ1v) is 9.67. The average molecular weight is 409 g/mol. The number of aromatic hydroxyl groups is 1. The first-order valence-electron chi connectivity index (χ1n) is 9.67. The summed E-state index contributed by atoms with van der Waals surface area (Å²) < 4.78 is 5.00. The molecule has 1 aliphatic carbocycles. The van der Waals surface area contributed by atoms with Gasteiger partial charge in [-0.3, -0.25) is 14.4 Å². The predicted octanol–water partition coefficient (Wildman–Crippen LogP) is 3.80. The molecule has 1 N–H and O–H groups in total. The van der Waals surface area contributed by atoms with Crippen LogP contribution in [0.3, 0.4) is 0 Å². The van der Waals surface area contributed by atoms with Crippen LogP contribution in [0, 0.1) is 0 Å². The Kier molecular flexibility index (Phi) is 5.48. The molecule has 3 rings (SSSR count). The fraction of sp³-hybridized carbons (Fsp3) is 0.304. The topological polar surface area (TPSA) is 101 Å². The van der Waals surface area contributed by atoms with E-state index in [0.29, 0.717) is 4.90 Å². The van der Waals surface area contributed by atoms with Gasteiger partial charge in [-0.15, -0.1) is 0 Å². The highest BCUT2D eigenvalue weighted by Gasteiger charge is 2.62. The molecule has 0 aromatic heterocycles. The van der Waals surface area contributed by atoms with E-state index < -0.39 is 29.1 Å². The van der Waals surface area contributed by atoms with Crippen molar-refractivity contribution in [3.63, 3.8) is 0 Å². The second-order valence-corrected chi connectivity index (χ2v) is 7.40. The number of hydrogen-bond acceptors (Lipinski definition) is 6. The van der Waals surface area contributed by atoms with E-state index in [1.165, 1.54) is 24.3 Å². The Morgan fingerprint density at radius 3 is 2.07 bits per heavy atom. The molecule has 0 unspecified atom stereocenters. The summed E-state index contributed by atoms with van der Waals surface area (Å²) in [6.45, 7) is 6.40. The molecule has 7 nitrogen and oxygen atoms in total. The van der Waals surface area contributed by atoms with Crippen molar-refractivity contribution in [2.45, 2.75) is 39.2 Å². The van der Waals surface area contributed by atoms with Crippen LogP contribution in [-0.4, -0.2) is 40.2 Å². The third-order valence-electron chi connectivity index (χ3n) is 5.25. The van der Waals surface area contributed by atoms with Crippen LogP contribution < -0.4 is 0 Å². The first-order chi connectivity index (χ1) is 14.2. The van der Waals surface area contributed by atoms with Gasteiger partial charge in [0, 0.05) is 23.6 Å². The van der Waals surface area contributed by atoms with Crippen LogP contribution in [0.4, 0.5) is 4.79 Å². The fourth-order valence-corrected chi connectivity index (χ4v) is 3.84. The molecule has 0 saturated carbocycles. The molecular weight excluding hydrogens is 386 g/mol. The third-order valence-corrected chi connectivity index (χ3v) is 5.25. The number of hydrogen-bond donors (Lipinski definition) is 1. The number of carbonyl (C=O) groups excluding carboxylic acids is 4. The second kappa shape index (κ2) is 7.74. The first kappa shape index (κ1) is 21.2. The molecule has 0 radical (unpaired) electrons. The molecule has 156 valence electrons. The van der Waals surface area contributed by atoms with Gasteiger partial charge in [-0.25, -0.2) is 9.69 Å². The van der Waals surface area contributed by atoms with E-state index in [4.69, 9.17) is 4.74 Å². The van der Waals surface area contributed by atoms with Crippen molar-refractivity contribution in [1.29, 1.82) is 0 Å². The lowest BCUT2D eigenvalue weighted by molar-refractivity contribution is -0.130. The van der Waals surface area contributed by atoms with Gasteiger partial charge in [-0.05, 0) is 24.5 Å². The zero-order valence-corrected chi connectivity index (χ0v) is 17.3. The molecule has 30 heavy (non-hydrogen) atoms. The van der Waals surface area contributed by atoms with Crippen molar-refractivity contribution in [2.75, 3.05) is 6.61 Å². The van der Waals surface area contributed by atoms with Crippen molar-refractivity contribution in [3.05, 3.63) is 64.7 Å². The van der Waals surface area contributed by atoms with Gasteiger partial charge in [0.2, 0.25) is 23.0 Å². The average Bonchev–Trinajstić information content (AvgIpc) is 2.91. The van der Waals surface area contributed by atoms with Crippen LogP contribution in [0.2, 0.25) is 0 Å². The van der Waals surface area contributed by atoms with E-state index in [-0.39, 0.29) is 35.0 Å². The maximum atomic E-state index is 13.6. The lowest BCUT2D eigenvalue weighted by Crippen LogP contribution is -2.58. The number of phenolic OH excluding ortho intramolecular Hbond substituents is 1. The summed E-state index contributed by atoms with van der Waals surface area (Å²) in [7, 11) is 0. The Labute approximate surface area is 174 Å². The molecule has 0 saturated heterocycles. The smallest absolute Gasteiger partial charge is 0.418 e. The van der Waals surface area contributed by atoms with E-state index in [2.05, 4.69) is 0 Å². The maximum Gasteiger partial charge on any atom is 0.418 e. The van der Waals surface area contributed by atoms with Crippen molar-refractivity contribution in [1.82, 2.24) is 4.90 Å². The van der Waals surface area contributed by atoms with Crippen LogP contribution in [-0.2, 0) is 15.1 Å². The predicted molar refractivity (Wildman–Crippen MR) is 109 cm³/mol. The van der Waals surface area contributed by atoms with E-state index in [9.17, 15) is 24.3 Å². The summed E-state index contributed by atoms with van der Waals surface area (Å²) >= 11 is 0. The zero-order chi connectivity index (χ0) is 22.2. The number of ketones is 2. The summed E-state index contributed by atoms with van der Waals surface area (Å²) in [5.41, 5.74) is -1.59. The van der Waals surface area contributed by atoms with E-state index in [0.717, 1.165) is 12.5 Å². The van der Waals surface area contributed by atoms with Gasteiger partial charge in [-0.1, -0.05) is 50.2 Å². The molecule has 0 atom stereocenters. The summed E-state index contributed by atoms with van der Waals surface area (Å²) in [6, 6.07) is 10.6.